The van der Waals surface area contributed by atoms with E-state index in [1.54, 1.807) is 6.92 Å². The summed E-state index contributed by atoms with van der Waals surface area (Å²) in [5, 5.41) is 10.1. The summed E-state index contributed by atoms with van der Waals surface area (Å²) in [7, 11) is 0. The molecule has 1 heterocycles. The molecule has 3 heteroatoms. The van der Waals surface area contributed by atoms with Crippen molar-refractivity contribution in [2.24, 2.45) is 5.92 Å². The number of aromatic amines is 1. The van der Waals surface area contributed by atoms with Gasteiger partial charge in [-0.3, -0.25) is 4.79 Å². The first kappa shape index (κ1) is 10.7. The van der Waals surface area contributed by atoms with E-state index in [4.69, 9.17) is 5.11 Å². The average Bonchev–Trinajstić information content (AvgIpc) is 2.59. The van der Waals surface area contributed by atoms with E-state index in [9.17, 15) is 4.79 Å². The van der Waals surface area contributed by atoms with Gasteiger partial charge in [-0.1, -0.05) is 25.1 Å². The molecule has 1 aromatic heterocycles. The van der Waals surface area contributed by atoms with Gasteiger partial charge in [0.25, 0.3) is 0 Å². The highest BCUT2D eigenvalue weighted by atomic mass is 16.4. The first-order chi connectivity index (χ1) is 7.58. The zero-order valence-electron chi connectivity index (χ0n) is 9.45. The molecule has 0 aliphatic heterocycles. The van der Waals surface area contributed by atoms with E-state index >= 15 is 0 Å². The van der Waals surface area contributed by atoms with Gasteiger partial charge in [-0.25, -0.2) is 0 Å². The van der Waals surface area contributed by atoms with E-state index in [1.165, 1.54) is 0 Å². The maximum Gasteiger partial charge on any atom is 0.306 e. The second kappa shape index (κ2) is 4.00. The summed E-state index contributed by atoms with van der Waals surface area (Å²) in [6.07, 6.45) is 0.562. The van der Waals surface area contributed by atoms with Gasteiger partial charge in [0.1, 0.15) is 0 Å². The van der Waals surface area contributed by atoms with Crippen LogP contribution in [0, 0.1) is 12.8 Å². The number of nitrogens with one attached hydrogen (secondary N) is 1. The van der Waals surface area contributed by atoms with Crippen LogP contribution >= 0.6 is 0 Å². The third-order valence-electron chi connectivity index (χ3n) is 2.82. The average molecular weight is 217 g/mol. The monoisotopic (exact) mass is 217 g/mol. The molecule has 2 aromatic rings. The normalized spacial score (nSPS) is 12.9. The van der Waals surface area contributed by atoms with Crippen molar-refractivity contribution in [2.45, 2.75) is 20.3 Å². The fraction of sp³-hybridized carbons (Fsp3) is 0.308. The predicted molar refractivity (Wildman–Crippen MR) is 63.5 cm³/mol. The van der Waals surface area contributed by atoms with Gasteiger partial charge in [0.05, 0.1) is 5.92 Å². The van der Waals surface area contributed by atoms with Crippen LogP contribution in [0.5, 0.6) is 0 Å². The molecule has 2 N–H and O–H groups in total. The van der Waals surface area contributed by atoms with E-state index in [1.807, 2.05) is 25.1 Å². The molecule has 0 fully saturated rings. The molecule has 0 amide bonds. The molecule has 1 unspecified atom stereocenters. The number of benzene rings is 1. The van der Waals surface area contributed by atoms with Crippen molar-refractivity contribution in [1.29, 1.82) is 0 Å². The molecule has 0 aliphatic rings. The molecular weight excluding hydrogens is 202 g/mol. The zero-order valence-corrected chi connectivity index (χ0v) is 9.45. The van der Waals surface area contributed by atoms with Crippen LogP contribution in [0.4, 0.5) is 0 Å². The minimum Gasteiger partial charge on any atom is -0.481 e. The lowest BCUT2D eigenvalue weighted by atomic mass is 10.00. The lowest BCUT2D eigenvalue weighted by Crippen LogP contribution is -2.12. The van der Waals surface area contributed by atoms with Gasteiger partial charge in [-0.2, -0.15) is 0 Å². The Morgan fingerprint density at radius 2 is 2.25 bits per heavy atom. The second-order valence-electron chi connectivity index (χ2n) is 4.28. The van der Waals surface area contributed by atoms with Crippen LogP contribution in [0.25, 0.3) is 10.9 Å². The minimum absolute atomic E-state index is 0.353. The van der Waals surface area contributed by atoms with Crippen LogP contribution in [0.1, 0.15) is 18.2 Å². The van der Waals surface area contributed by atoms with E-state index in [0.717, 1.165) is 22.2 Å². The molecule has 0 spiro atoms. The number of rotatable bonds is 3. The molecule has 0 bridgehead atoms. The van der Waals surface area contributed by atoms with E-state index < -0.39 is 5.97 Å². The molecule has 0 saturated carbocycles. The van der Waals surface area contributed by atoms with Crippen molar-refractivity contribution in [3.05, 3.63) is 35.5 Å². The van der Waals surface area contributed by atoms with Crippen molar-refractivity contribution in [3.8, 4) is 0 Å². The third kappa shape index (κ3) is 1.94. The number of aromatic nitrogens is 1. The Balaban J connectivity index is 2.40. The highest BCUT2D eigenvalue weighted by molar-refractivity contribution is 5.84. The summed E-state index contributed by atoms with van der Waals surface area (Å²) in [6, 6.07) is 8.06. The van der Waals surface area contributed by atoms with E-state index in [-0.39, 0.29) is 5.92 Å². The largest absolute Gasteiger partial charge is 0.481 e. The van der Waals surface area contributed by atoms with E-state index in [2.05, 4.69) is 11.1 Å². The smallest absolute Gasteiger partial charge is 0.306 e. The Hall–Kier alpha value is -1.77. The van der Waals surface area contributed by atoms with Crippen molar-refractivity contribution in [1.82, 2.24) is 4.98 Å². The first-order valence-corrected chi connectivity index (χ1v) is 5.38. The SMILES string of the molecule is Cc1cc2cccc(CC(C)C(=O)O)c2[nH]1. The van der Waals surface area contributed by atoms with Crippen LogP contribution in [-0.4, -0.2) is 16.1 Å². The Labute approximate surface area is 94.1 Å². The molecule has 1 aromatic carbocycles. The summed E-state index contributed by atoms with van der Waals surface area (Å²) in [5.74, 6) is -1.10. The molecule has 0 radical (unpaired) electrons. The number of carboxylic acids is 1. The number of H-pyrrole nitrogens is 1. The lowest BCUT2D eigenvalue weighted by Gasteiger charge is -2.07. The summed E-state index contributed by atoms with van der Waals surface area (Å²) in [4.78, 5) is 14.1. The number of hydrogen-bond acceptors (Lipinski definition) is 1. The number of para-hydroxylation sites is 1. The van der Waals surface area contributed by atoms with Crippen LogP contribution in [0.2, 0.25) is 0 Å². The molecular formula is C13H15NO2. The van der Waals surface area contributed by atoms with Gasteiger partial charge < -0.3 is 10.1 Å². The molecule has 1 atom stereocenters. The zero-order chi connectivity index (χ0) is 11.7. The lowest BCUT2D eigenvalue weighted by molar-refractivity contribution is -0.141. The van der Waals surface area contributed by atoms with Crippen LogP contribution < -0.4 is 0 Å². The maximum absolute atomic E-state index is 10.8. The Morgan fingerprint density at radius 3 is 2.94 bits per heavy atom. The Bertz CT molecular complexity index is 528. The number of aryl methyl sites for hydroxylation is 1. The van der Waals surface area contributed by atoms with Crippen molar-refractivity contribution in [3.63, 3.8) is 0 Å². The predicted octanol–water partition coefficient (Wildman–Crippen LogP) is 2.74. The van der Waals surface area contributed by atoms with Gasteiger partial charge in [-0.05, 0) is 30.4 Å². The highest BCUT2D eigenvalue weighted by Crippen LogP contribution is 2.21. The fourth-order valence-electron chi connectivity index (χ4n) is 1.95. The molecule has 16 heavy (non-hydrogen) atoms. The van der Waals surface area contributed by atoms with Gasteiger partial charge >= 0.3 is 5.97 Å². The number of fused-ring (bicyclic) bond motifs is 1. The third-order valence-corrected chi connectivity index (χ3v) is 2.82. The number of hydrogen-bond donors (Lipinski definition) is 2. The molecule has 3 nitrogen and oxygen atoms in total. The van der Waals surface area contributed by atoms with Gasteiger partial charge in [-0.15, -0.1) is 0 Å². The number of aliphatic carboxylic acids is 1. The summed E-state index contributed by atoms with van der Waals surface area (Å²) >= 11 is 0. The van der Waals surface area contributed by atoms with Crippen molar-refractivity contribution < 1.29 is 9.90 Å². The van der Waals surface area contributed by atoms with Crippen molar-refractivity contribution >= 4 is 16.9 Å². The highest BCUT2D eigenvalue weighted by Gasteiger charge is 2.13. The first-order valence-electron chi connectivity index (χ1n) is 5.38. The number of carboxylic acid groups (broad SMARTS) is 1. The summed E-state index contributed by atoms with van der Waals surface area (Å²) in [5.41, 5.74) is 3.24. The van der Waals surface area contributed by atoms with Gasteiger partial charge in [0.2, 0.25) is 0 Å². The molecule has 2 rings (SSSR count). The quantitative estimate of drug-likeness (QED) is 0.830. The molecule has 0 saturated heterocycles. The minimum atomic E-state index is -0.750. The molecule has 84 valence electrons. The Morgan fingerprint density at radius 1 is 1.50 bits per heavy atom. The van der Waals surface area contributed by atoms with E-state index in [0.29, 0.717) is 6.42 Å². The van der Waals surface area contributed by atoms with Crippen LogP contribution in [0.15, 0.2) is 24.3 Å². The molecule has 0 aliphatic carbocycles. The topological polar surface area (TPSA) is 53.1 Å². The fourth-order valence-corrected chi connectivity index (χ4v) is 1.95. The van der Waals surface area contributed by atoms with Crippen LogP contribution in [-0.2, 0) is 11.2 Å². The van der Waals surface area contributed by atoms with Gasteiger partial charge in [0, 0.05) is 11.2 Å². The Kier molecular flexibility index (Phi) is 2.69. The van der Waals surface area contributed by atoms with Crippen LogP contribution in [0.3, 0.4) is 0 Å². The van der Waals surface area contributed by atoms with Gasteiger partial charge in [0.15, 0.2) is 0 Å². The summed E-state index contributed by atoms with van der Waals surface area (Å²) in [6.45, 7) is 3.74. The maximum atomic E-state index is 10.8. The second-order valence-corrected chi connectivity index (χ2v) is 4.28. The standard InChI is InChI=1S/C13H15NO2/c1-8(13(15)16)6-10-4-3-5-11-7-9(2)14-12(10)11/h3-5,7-8,14H,6H2,1-2H3,(H,15,16). The number of carbonyl (C=O) groups is 1. The van der Waals surface area contributed by atoms with Crippen molar-refractivity contribution in [2.75, 3.05) is 0 Å². The summed E-state index contributed by atoms with van der Waals surface area (Å²) < 4.78 is 0.